The maximum Gasteiger partial charge on any atom is 1.00 e. The fraction of sp³-hybridized carbons (Fsp3) is 0.222. The van der Waals surface area contributed by atoms with Crippen molar-refractivity contribution in [2.75, 3.05) is 13.6 Å². The molecule has 0 aliphatic rings. The van der Waals surface area contributed by atoms with Gasteiger partial charge in [0, 0.05) is 7.05 Å². The first-order valence-electron chi connectivity index (χ1n) is 8.13. The Kier molecular flexibility index (Phi) is 10.5. The third-order valence-electron chi connectivity index (χ3n) is 3.46. The van der Waals surface area contributed by atoms with Crippen molar-refractivity contribution in [1.82, 2.24) is 4.90 Å². The quantitative estimate of drug-likeness (QED) is 0.256. The maximum atomic E-state index is 13.1. The van der Waals surface area contributed by atoms with Crippen LogP contribution >= 0.6 is 7.75 Å². The minimum Gasteiger partial charge on any atom is -1.00 e. The van der Waals surface area contributed by atoms with Crippen LogP contribution in [-0.4, -0.2) is 35.5 Å². The van der Waals surface area contributed by atoms with Crippen LogP contribution in [0.2, 0.25) is 0 Å². The van der Waals surface area contributed by atoms with Crippen molar-refractivity contribution >= 4 is 19.7 Å². The van der Waals surface area contributed by atoms with E-state index in [1.54, 1.807) is 0 Å². The number of likely N-dealkylation sites (N-methyl/N-ethyl adjacent to an activating group) is 1. The molecule has 0 bridgehead atoms. The number of aliphatic carboxylic acids is 1. The van der Waals surface area contributed by atoms with Crippen LogP contribution in [0.5, 0.6) is 0 Å². The third-order valence-corrected chi connectivity index (χ3v) is 4.82. The number of nitrogens with zero attached hydrogens (tertiary/aromatic N) is 2. The van der Waals surface area contributed by atoms with E-state index in [0.717, 1.165) is 16.0 Å². The van der Waals surface area contributed by atoms with Gasteiger partial charge in [0.15, 0.2) is 0 Å². The molecule has 2 rings (SSSR count). The molecule has 0 aromatic heterocycles. The van der Waals surface area contributed by atoms with Gasteiger partial charge in [-0.15, -0.1) is 4.76 Å². The Bertz CT molecular complexity index is 779. The number of hydrogen-bond donors (Lipinski definition) is 2. The molecular formula is C18H23N3NaO5P. The monoisotopic (exact) mass is 415 g/mol. The minimum atomic E-state index is -3.98. The molecule has 0 saturated heterocycles. The summed E-state index contributed by atoms with van der Waals surface area (Å²) in [6, 6.07) is 18.3. The number of carboxylic acid groups (broad SMARTS) is 1. The van der Waals surface area contributed by atoms with Crippen LogP contribution in [0.3, 0.4) is 0 Å². The van der Waals surface area contributed by atoms with E-state index in [-0.39, 0.29) is 50.2 Å². The molecule has 10 heteroatoms. The molecule has 0 fully saturated rings. The Hall–Kier alpha value is -1.67. The predicted octanol–water partition coefficient (Wildman–Crippen LogP) is -0.0243. The molecule has 0 aliphatic carbocycles. The SMILES string of the molecule is CN(CC(=O)O)C(N)=NP(=O)(OCc1ccccc1)OCc1ccccc1.[H-].[Na+]. The van der Waals surface area contributed by atoms with Crippen molar-refractivity contribution < 1.29 is 54.5 Å². The second-order valence-electron chi connectivity index (χ2n) is 5.69. The standard InChI is InChI=1S/C18H22N3O5P.Na.H/c1-21(12-17(22)23)18(19)20-27(24,25-13-15-8-4-2-5-9-15)26-14-16-10-6-3-7-11-16;;/h2-11H,12-14H2,1H3,(H,22,23)(H2,19,20,24);;/q;+1;-1. The first kappa shape index (κ1) is 24.4. The van der Waals surface area contributed by atoms with Gasteiger partial charge in [0.05, 0.1) is 13.2 Å². The predicted molar refractivity (Wildman–Crippen MR) is 103 cm³/mol. The second kappa shape index (κ2) is 12.0. The molecule has 0 amide bonds. The molecule has 0 atom stereocenters. The van der Waals surface area contributed by atoms with Crippen LogP contribution in [0.1, 0.15) is 12.6 Å². The first-order valence-corrected chi connectivity index (χ1v) is 9.63. The zero-order valence-electron chi connectivity index (χ0n) is 16.9. The Labute approximate surface area is 187 Å². The van der Waals surface area contributed by atoms with Crippen molar-refractivity contribution in [3.8, 4) is 0 Å². The normalized spacial score (nSPS) is 11.5. The van der Waals surface area contributed by atoms with Crippen molar-refractivity contribution in [2.45, 2.75) is 13.2 Å². The van der Waals surface area contributed by atoms with E-state index in [1.165, 1.54) is 7.05 Å². The average molecular weight is 415 g/mol. The summed E-state index contributed by atoms with van der Waals surface area (Å²) in [5.41, 5.74) is 7.34. The van der Waals surface area contributed by atoms with Crippen LogP contribution in [-0.2, 0) is 31.6 Å². The van der Waals surface area contributed by atoms with Gasteiger partial charge in [-0.25, -0.2) is 4.57 Å². The molecule has 0 heterocycles. The zero-order valence-corrected chi connectivity index (χ0v) is 18.8. The Balaban J connectivity index is 0.00000392. The van der Waals surface area contributed by atoms with Crippen molar-refractivity contribution in [2.24, 2.45) is 10.5 Å². The van der Waals surface area contributed by atoms with Crippen molar-refractivity contribution in [3.05, 3.63) is 71.8 Å². The zero-order chi connectivity index (χ0) is 19.7. The molecule has 2 aromatic rings. The fourth-order valence-corrected chi connectivity index (χ4v) is 3.26. The molecule has 0 spiro atoms. The molecule has 0 aliphatic heterocycles. The van der Waals surface area contributed by atoms with E-state index in [4.69, 9.17) is 19.9 Å². The van der Waals surface area contributed by atoms with Gasteiger partial charge in [-0.05, 0) is 11.1 Å². The summed E-state index contributed by atoms with van der Waals surface area (Å²) in [5, 5.41) is 8.85. The Morgan fingerprint density at radius 1 is 1.07 bits per heavy atom. The van der Waals surface area contributed by atoms with Crippen LogP contribution in [0.15, 0.2) is 65.4 Å². The number of nitrogens with two attached hydrogens (primary N) is 1. The van der Waals surface area contributed by atoms with Gasteiger partial charge in [-0.1, -0.05) is 60.7 Å². The van der Waals surface area contributed by atoms with E-state index in [1.807, 2.05) is 60.7 Å². The Morgan fingerprint density at radius 3 is 1.89 bits per heavy atom. The van der Waals surface area contributed by atoms with Gasteiger partial charge in [-0.2, -0.15) is 0 Å². The largest absolute Gasteiger partial charge is 1.00 e. The van der Waals surface area contributed by atoms with Crippen LogP contribution < -0.4 is 35.3 Å². The number of hydrogen-bond acceptors (Lipinski definition) is 4. The smallest absolute Gasteiger partial charge is 1.00 e. The van der Waals surface area contributed by atoms with E-state index >= 15 is 0 Å². The van der Waals surface area contributed by atoms with Gasteiger partial charge in [0.2, 0.25) is 5.96 Å². The average Bonchev–Trinajstić information content (AvgIpc) is 2.66. The van der Waals surface area contributed by atoms with Gasteiger partial charge in [-0.3, -0.25) is 13.8 Å². The minimum absolute atomic E-state index is 0. The number of benzene rings is 2. The summed E-state index contributed by atoms with van der Waals surface area (Å²) in [6.45, 7) is -0.384. The molecule has 8 nitrogen and oxygen atoms in total. The third kappa shape index (κ3) is 8.56. The molecular weight excluding hydrogens is 392 g/mol. The van der Waals surface area contributed by atoms with Crippen LogP contribution in [0.4, 0.5) is 0 Å². The number of carbonyl (C=O) groups is 1. The second-order valence-corrected chi connectivity index (χ2v) is 7.35. The fourth-order valence-electron chi connectivity index (χ4n) is 2.04. The summed E-state index contributed by atoms with van der Waals surface area (Å²) < 4.78 is 27.8. The first-order chi connectivity index (χ1) is 12.9. The van der Waals surface area contributed by atoms with E-state index in [2.05, 4.69) is 4.76 Å². The molecule has 2 aromatic carbocycles. The van der Waals surface area contributed by atoms with Gasteiger partial charge < -0.3 is 17.2 Å². The molecule has 0 saturated carbocycles. The van der Waals surface area contributed by atoms with E-state index in [0.29, 0.717) is 0 Å². The van der Waals surface area contributed by atoms with Gasteiger partial charge in [0.25, 0.3) is 0 Å². The van der Waals surface area contributed by atoms with E-state index < -0.39 is 20.3 Å². The summed E-state index contributed by atoms with van der Waals surface area (Å²) in [5.74, 6) is -1.34. The van der Waals surface area contributed by atoms with Gasteiger partial charge in [0.1, 0.15) is 6.54 Å². The molecule has 28 heavy (non-hydrogen) atoms. The summed E-state index contributed by atoms with van der Waals surface area (Å²) in [7, 11) is -2.55. The maximum absolute atomic E-state index is 13.1. The molecule has 0 unspecified atom stereocenters. The summed E-state index contributed by atoms with van der Waals surface area (Å²) >= 11 is 0. The van der Waals surface area contributed by atoms with Crippen molar-refractivity contribution in [1.29, 1.82) is 0 Å². The number of rotatable bonds is 9. The summed E-state index contributed by atoms with van der Waals surface area (Å²) in [4.78, 5) is 12.0. The van der Waals surface area contributed by atoms with Crippen LogP contribution in [0.25, 0.3) is 0 Å². The summed E-state index contributed by atoms with van der Waals surface area (Å²) in [6.07, 6.45) is 0. The Morgan fingerprint density at radius 2 is 1.50 bits per heavy atom. The molecule has 0 radical (unpaired) electrons. The molecule has 3 N–H and O–H groups in total. The van der Waals surface area contributed by atoms with Crippen LogP contribution in [0, 0.1) is 0 Å². The number of carboxylic acids is 1. The van der Waals surface area contributed by atoms with E-state index in [9.17, 15) is 9.36 Å². The number of guanidine groups is 1. The van der Waals surface area contributed by atoms with Gasteiger partial charge >= 0.3 is 43.3 Å². The van der Waals surface area contributed by atoms with Crippen molar-refractivity contribution in [3.63, 3.8) is 0 Å². The molecule has 146 valence electrons. The topological polar surface area (TPSA) is 114 Å².